The Morgan fingerprint density at radius 3 is 1.54 bits per heavy atom. The zero-order valence-corrected chi connectivity index (χ0v) is 16.4. The lowest BCUT2D eigenvalue weighted by Crippen LogP contribution is -2.15. The van der Waals surface area contributed by atoms with Gasteiger partial charge >= 0.3 is 7.60 Å². The first-order valence-electron chi connectivity index (χ1n) is 8.58. The van der Waals surface area contributed by atoms with E-state index in [4.69, 9.17) is 9.05 Å². The fourth-order valence-corrected chi connectivity index (χ4v) is 4.34. The van der Waals surface area contributed by atoms with Crippen LogP contribution in [-0.4, -0.2) is 0 Å². The maximum Gasteiger partial charge on any atom is 0.462 e. The predicted molar refractivity (Wildman–Crippen MR) is 107 cm³/mol. The van der Waals surface area contributed by atoms with E-state index in [0.717, 1.165) is 22.3 Å². The van der Waals surface area contributed by atoms with Crippen LogP contribution in [0.25, 0.3) is 0 Å². The number of aryl methyl sites for hydroxylation is 2. The molecule has 0 saturated carbocycles. The van der Waals surface area contributed by atoms with Gasteiger partial charge in [0.2, 0.25) is 0 Å². The van der Waals surface area contributed by atoms with Gasteiger partial charge in [-0.05, 0) is 74.2 Å². The summed E-state index contributed by atoms with van der Waals surface area (Å²) in [5, 5.41) is 0.529. The first-order chi connectivity index (χ1) is 12.4. The van der Waals surface area contributed by atoms with Gasteiger partial charge in [-0.3, -0.25) is 0 Å². The SMILES string of the molecule is Cc1cccc(OP(=O)(Oc2cccc(C)c2C)c2ccccc2)c1C. The molecule has 3 rings (SSSR count). The van der Waals surface area contributed by atoms with E-state index in [1.165, 1.54) is 0 Å². The standard InChI is InChI=1S/C22H23O3P/c1-16-10-8-14-21(18(16)3)24-26(23,20-12-6-5-7-13-20)25-22-15-9-11-17(2)19(22)4/h5-15H,1-4H3. The van der Waals surface area contributed by atoms with Crippen LogP contribution < -0.4 is 14.4 Å². The Labute approximate surface area is 155 Å². The minimum atomic E-state index is -3.61. The molecule has 0 spiro atoms. The van der Waals surface area contributed by atoms with Gasteiger partial charge in [0.15, 0.2) is 0 Å². The quantitative estimate of drug-likeness (QED) is 0.528. The molecule has 0 aliphatic heterocycles. The average molecular weight is 366 g/mol. The number of benzene rings is 3. The van der Waals surface area contributed by atoms with Gasteiger partial charge in [-0.1, -0.05) is 42.5 Å². The minimum Gasteiger partial charge on any atom is -0.413 e. The van der Waals surface area contributed by atoms with E-state index >= 15 is 0 Å². The van der Waals surface area contributed by atoms with Crippen molar-refractivity contribution in [1.29, 1.82) is 0 Å². The molecule has 0 heterocycles. The van der Waals surface area contributed by atoms with Crippen molar-refractivity contribution in [3.05, 3.63) is 89.0 Å². The molecule has 26 heavy (non-hydrogen) atoms. The Hall–Kier alpha value is -2.51. The minimum absolute atomic E-state index is 0.529. The van der Waals surface area contributed by atoms with Gasteiger partial charge in [-0.15, -0.1) is 0 Å². The van der Waals surface area contributed by atoms with Crippen LogP contribution in [0.4, 0.5) is 0 Å². The molecule has 0 fully saturated rings. The Bertz CT molecular complexity index is 907. The van der Waals surface area contributed by atoms with Crippen LogP contribution in [0.2, 0.25) is 0 Å². The molecule has 0 amide bonds. The molecule has 3 nitrogen and oxygen atoms in total. The molecule has 0 aliphatic rings. The molecule has 0 bridgehead atoms. The van der Waals surface area contributed by atoms with Crippen LogP contribution in [0.3, 0.4) is 0 Å². The van der Waals surface area contributed by atoms with Crippen molar-refractivity contribution in [3.63, 3.8) is 0 Å². The second-order valence-electron chi connectivity index (χ2n) is 6.41. The molecule has 4 heteroatoms. The van der Waals surface area contributed by atoms with Crippen molar-refractivity contribution in [2.45, 2.75) is 27.7 Å². The first-order valence-corrected chi connectivity index (χ1v) is 10.1. The van der Waals surface area contributed by atoms with E-state index in [9.17, 15) is 4.57 Å². The number of rotatable bonds is 5. The van der Waals surface area contributed by atoms with Crippen LogP contribution in [0.5, 0.6) is 11.5 Å². The van der Waals surface area contributed by atoms with E-state index in [0.29, 0.717) is 16.8 Å². The highest BCUT2D eigenvalue weighted by atomic mass is 31.2. The molecule has 0 saturated heterocycles. The summed E-state index contributed by atoms with van der Waals surface area (Å²) in [4.78, 5) is 0. The normalized spacial score (nSPS) is 11.2. The molecule has 134 valence electrons. The summed E-state index contributed by atoms with van der Waals surface area (Å²) in [5.74, 6) is 1.14. The topological polar surface area (TPSA) is 35.5 Å². The second-order valence-corrected chi connectivity index (χ2v) is 8.29. The molecule has 0 unspecified atom stereocenters. The maximum atomic E-state index is 13.8. The zero-order valence-electron chi connectivity index (χ0n) is 15.5. The van der Waals surface area contributed by atoms with E-state index in [2.05, 4.69) is 0 Å². The first kappa shape index (κ1) is 18.3. The molecular weight excluding hydrogens is 343 g/mol. The Morgan fingerprint density at radius 2 is 1.08 bits per heavy atom. The summed E-state index contributed by atoms with van der Waals surface area (Å²) in [6, 6.07) is 20.5. The van der Waals surface area contributed by atoms with Gasteiger partial charge in [0.05, 0.1) is 5.30 Å². The van der Waals surface area contributed by atoms with E-state index in [-0.39, 0.29) is 0 Å². The number of hydrogen-bond acceptors (Lipinski definition) is 3. The summed E-state index contributed by atoms with van der Waals surface area (Å²) in [7, 11) is -3.61. The van der Waals surface area contributed by atoms with Gasteiger partial charge in [0.25, 0.3) is 0 Å². The molecule has 0 atom stereocenters. The third kappa shape index (κ3) is 3.68. The highest BCUT2D eigenvalue weighted by molar-refractivity contribution is 7.63. The summed E-state index contributed by atoms with van der Waals surface area (Å²) in [6.45, 7) is 7.91. The van der Waals surface area contributed by atoms with Crippen LogP contribution in [0.1, 0.15) is 22.3 Å². The van der Waals surface area contributed by atoms with E-state index in [1.54, 1.807) is 12.1 Å². The Balaban J connectivity index is 2.07. The fraction of sp³-hybridized carbons (Fsp3) is 0.182. The van der Waals surface area contributed by atoms with E-state index in [1.807, 2.05) is 82.3 Å². The van der Waals surface area contributed by atoms with Crippen molar-refractivity contribution in [3.8, 4) is 11.5 Å². The third-order valence-electron chi connectivity index (χ3n) is 4.62. The molecule has 3 aromatic rings. The van der Waals surface area contributed by atoms with Gasteiger partial charge < -0.3 is 9.05 Å². The van der Waals surface area contributed by atoms with Gasteiger partial charge in [-0.2, -0.15) is 0 Å². The third-order valence-corrected chi connectivity index (χ3v) is 6.42. The Morgan fingerprint density at radius 1 is 0.615 bits per heavy atom. The molecule has 0 N–H and O–H groups in total. The highest BCUT2D eigenvalue weighted by Gasteiger charge is 2.32. The van der Waals surface area contributed by atoms with Gasteiger partial charge in [-0.25, -0.2) is 4.57 Å². The molecule has 3 aromatic carbocycles. The van der Waals surface area contributed by atoms with Crippen molar-refractivity contribution in [2.24, 2.45) is 0 Å². The molecule has 0 aliphatic carbocycles. The predicted octanol–water partition coefficient (Wildman–Crippen LogP) is 5.90. The molecule has 0 radical (unpaired) electrons. The van der Waals surface area contributed by atoms with Crippen LogP contribution in [0, 0.1) is 27.7 Å². The summed E-state index contributed by atoms with van der Waals surface area (Å²) in [6.07, 6.45) is 0. The van der Waals surface area contributed by atoms with Crippen molar-refractivity contribution in [2.75, 3.05) is 0 Å². The van der Waals surface area contributed by atoms with Crippen molar-refractivity contribution >= 4 is 12.9 Å². The summed E-state index contributed by atoms with van der Waals surface area (Å²) >= 11 is 0. The zero-order chi connectivity index (χ0) is 18.7. The van der Waals surface area contributed by atoms with Crippen molar-refractivity contribution in [1.82, 2.24) is 0 Å². The Kier molecular flexibility index (Phi) is 5.20. The second kappa shape index (κ2) is 7.39. The van der Waals surface area contributed by atoms with Crippen LogP contribution in [0.15, 0.2) is 66.7 Å². The summed E-state index contributed by atoms with van der Waals surface area (Å²) < 4.78 is 25.9. The lowest BCUT2D eigenvalue weighted by atomic mass is 10.1. The monoisotopic (exact) mass is 366 g/mol. The molecule has 0 aromatic heterocycles. The number of hydrogen-bond donors (Lipinski definition) is 0. The van der Waals surface area contributed by atoms with E-state index < -0.39 is 7.60 Å². The average Bonchev–Trinajstić information content (AvgIpc) is 2.64. The fourth-order valence-electron chi connectivity index (χ4n) is 2.64. The summed E-state index contributed by atoms with van der Waals surface area (Å²) in [5.41, 5.74) is 4.06. The van der Waals surface area contributed by atoms with Crippen molar-refractivity contribution < 1.29 is 13.6 Å². The lowest BCUT2D eigenvalue weighted by Gasteiger charge is -2.23. The maximum absolute atomic E-state index is 13.8. The molecular formula is C22H23O3P. The smallest absolute Gasteiger partial charge is 0.413 e. The van der Waals surface area contributed by atoms with Gasteiger partial charge in [0.1, 0.15) is 11.5 Å². The highest BCUT2D eigenvalue weighted by Crippen LogP contribution is 2.49. The van der Waals surface area contributed by atoms with Gasteiger partial charge in [0, 0.05) is 0 Å². The van der Waals surface area contributed by atoms with Crippen LogP contribution >= 0.6 is 7.60 Å². The largest absolute Gasteiger partial charge is 0.462 e. The lowest BCUT2D eigenvalue weighted by molar-refractivity contribution is 0.397. The van der Waals surface area contributed by atoms with Crippen LogP contribution in [-0.2, 0) is 4.57 Å².